The second-order valence-corrected chi connectivity index (χ2v) is 6.78. The van der Waals surface area contributed by atoms with E-state index in [1.165, 1.54) is 6.07 Å². The maximum atomic E-state index is 12.2. The Labute approximate surface area is 130 Å². The van der Waals surface area contributed by atoms with Crippen LogP contribution in [0.2, 0.25) is 0 Å². The van der Waals surface area contributed by atoms with E-state index in [0.717, 1.165) is 17.4 Å². The normalized spacial score (nSPS) is 12.2. The van der Waals surface area contributed by atoms with Gasteiger partial charge in [0.1, 0.15) is 0 Å². The van der Waals surface area contributed by atoms with Crippen molar-refractivity contribution >= 4 is 21.6 Å². The van der Waals surface area contributed by atoms with Gasteiger partial charge < -0.3 is 5.11 Å². The lowest BCUT2D eigenvalue weighted by atomic mass is 10.1. The van der Waals surface area contributed by atoms with Crippen LogP contribution in [-0.4, -0.2) is 20.6 Å². The lowest BCUT2D eigenvalue weighted by Gasteiger charge is -2.16. The summed E-state index contributed by atoms with van der Waals surface area (Å²) in [4.78, 5) is 4.01. The van der Waals surface area contributed by atoms with Crippen LogP contribution in [0.4, 0.5) is 5.69 Å². The Hall–Kier alpha value is -2.34. The van der Waals surface area contributed by atoms with Crippen molar-refractivity contribution in [3.8, 4) is 0 Å². The fraction of sp³-hybridized carbons (Fsp3) is 0.188. The van der Waals surface area contributed by atoms with Crippen molar-refractivity contribution in [3.05, 3.63) is 65.2 Å². The number of benzene rings is 2. The molecule has 0 amide bonds. The van der Waals surface area contributed by atoms with Crippen LogP contribution >= 0.6 is 0 Å². The van der Waals surface area contributed by atoms with Crippen molar-refractivity contribution in [1.82, 2.24) is 0 Å². The molecule has 2 rings (SSSR count). The minimum Gasteiger partial charge on any atom is -0.858 e. The van der Waals surface area contributed by atoms with Gasteiger partial charge >= 0.3 is 0 Å². The van der Waals surface area contributed by atoms with E-state index in [-0.39, 0.29) is 17.8 Å². The maximum absolute atomic E-state index is 12.2. The van der Waals surface area contributed by atoms with Crippen molar-refractivity contribution in [2.75, 3.05) is 11.0 Å². The molecule has 0 bridgehead atoms. The summed E-state index contributed by atoms with van der Waals surface area (Å²) < 4.78 is 25.0. The number of rotatable bonds is 5. The fourth-order valence-corrected chi connectivity index (χ4v) is 2.48. The van der Waals surface area contributed by atoms with E-state index in [0.29, 0.717) is 0 Å². The highest BCUT2D eigenvalue weighted by atomic mass is 32.2. The molecule has 22 heavy (non-hydrogen) atoms. The molecule has 0 atom stereocenters. The summed E-state index contributed by atoms with van der Waals surface area (Å²) >= 11 is 0. The van der Waals surface area contributed by atoms with Crippen LogP contribution in [0, 0.1) is 6.92 Å². The number of aliphatic imine (C=N–C) groups is 1. The molecular formula is C16H17N2O3S-. The van der Waals surface area contributed by atoms with Gasteiger partial charge in [0.25, 0.3) is 0 Å². The molecule has 0 unspecified atom stereocenters. The van der Waals surface area contributed by atoms with Crippen molar-refractivity contribution in [3.63, 3.8) is 0 Å². The molecule has 0 aliphatic rings. The Morgan fingerprint density at radius 3 is 2.41 bits per heavy atom. The monoisotopic (exact) mass is 317 g/mol. The molecule has 116 valence electrons. The highest BCUT2D eigenvalue weighted by Crippen LogP contribution is 2.16. The van der Waals surface area contributed by atoms with Gasteiger partial charge in [0.05, 0.1) is 18.5 Å². The topological polar surface area (TPSA) is 81.6 Å². The van der Waals surface area contributed by atoms with Gasteiger partial charge in [-0.25, -0.2) is 8.42 Å². The first kappa shape index (κ1) is 16.0. The zero-order valence-electron chi connectivity index (χ0n) is 12.4. The summed E-state index contributed by atoms with van der Waals surface area (Å²) in [6.45, 7) is 2.24. The highest BCUT2D eigenvalue weighted by Gasteiger charge is 2.06. The first-order valence-corrected chi connectivity index (χ1v) is 8.58. The van der Waals surface area contributed by atoms with E-state index in [1.54, 1.807) is 18.2 Å². The highest BCUT2D eigenvalue weighted by molar-refractivity contribution is 7.92. The summed E-state index contributed by atoms with van der Waals surface area (Å²) in [5.41, 5.74) is 2.54. The van der Waals surface area contributed by atoms with Crippen LogP contribution in [-0.2, 0) is 16.6 Å². The molecule has 0 heterocycles. The van der Waals surface area contributed by atoms with E-state index < -0.39 is 15.9 Å². The molecule has 0 aromatic heterocycles. The summed E-state index contributed by atoms with van der Waals surface area (Å²) in [6.07, 6.45) is 1.04. The SMILES string of the molecule is Cc1ccc(CN=C([O-])c2ccccc2NS(C)(=O)=O)cc1. The first-order chi connectivity index (χ1) is 10.3. The minimum atomic E-state index is -3.45. The van der Waals surface area contributed by atoms with E-state index in [2.05, 4.69) is 9.71 Å². The van der Waals surface area contributed by atoms with Gasteiger partial charge in [-0.1, -0.05) is 48.0 Å². The van der Waals surface area contributed by atoms with Gasteiger partial charge in [0.15, 0.2) is 0 Å². The first-order valence-electron chi connectivity index (χ1n) is 6.69. The number of nitrogens with zero attached hydrogens (tertiary/aromatic N) is 1. The van der Waals surface area contributed by atoms with E-state index in [9.17, 15) is 13.5 Å². The van der Waals surface area contributed by atoms with Crippen molar-refractivity contribution in [2.45, 2.75) is 13.5 Å². The maximum Gasteiger partial charge on any atom is 0.229 e. The molecule has 0 aliphatic heterocycles. The van der Waals surface area contributed by atoms with E-state index in [1.807, 2.05) is 31.2 Å². The average molecular weight is 317 g/mol. The molecule has 0 spiro atoms. The second kappa shape index (κ2) is 6.62. The van der Waals surface area contributed by atoms with Gasteiger partial charge in [-0.3, -0.25) is 9.71 Å². The minimum absolute atomic E-state index is 0.236. The lowest BCUT2D eigenvalue weighted by molar-refractivity contribution is -0.213. The van der Waals surface area contributed by atoms with Crippen LogP contribution in [0.5, 0.6) is 0 Å². The third-order valence-corrected chi connectivity index (χ3v) is 3.57. The Bertz CT molecular complexity index is 781. The molecule has 6 heteroatoms. The summed E-state index contributed by atoms with van der Waals surface area (Å²) in [6, 6.07) is 14.1. The second-order valence-electron chi connectivity index (χ2n) is 5.03. The largest absolute Gasteiger partial charge is 0.858 e. The van der Waals surface area contributed by atoms with E-state index >= 15 is 0 Å². The van der Waals surface area contributed by atoms with E-state index in [4.69, 9.17) is 0 Å². The Kier molecular flexibility index (Phi) is 4.82. The predicted molar refractivity (Wildman–Crippen MR) is 86.3 cm³/mol. The number of para-hydroxylation sites is 1. The molecule has 0 saturated heterocycles. The number of hydrogen-bond donors (Lipinski definition) is 1. The van der Waals surface area contributed by atoms with Crippen LogP contribution in [0.3, 0.4) is 0 Å². The van der Waals surface area contributed by atoms with Gasteiger partial charge in [0, 0.05) is 5.56 Å². The van der Waals surface area contributed by atoms with Gasteiger partial charge in [-0.2, -0.15) is 0 Å². The number of hydrogen-bond acceptors (Lipinski definition) is 4. The third-order valence-electron chi connectivity index (χ3n) is 2.98. The molecule has 0 fully saturated rings. The molecule has 5 nitrogen and oxygen atoms in total. The van der Waals surface area contributed by atoms with Crippen molar-refractivity contribution in [2.24, 2.45) is 4.99 Å². The van der Waals surface area contributed by atoms with Crippen LogP contribution in [0.1, 0.15) is 16.7 Å². The predicted octanol–water partition coefficient (Wildman–Crippen LogP) is 1.67. The lowest BCUT2D eigenvalue weighted by Crippen LogP contribution is -2.22. The summed E-state index contributed by atoms with van der Waals surface area (Å²) in [5, 5.41) is 12.2. The fourth-order valence-electron chi connectivity index (χ4n) is 1.90. The smallest absolute Gasteiger partial charge is 0.229 e. The number of anilines is 1. The molecule has 0 saturated carbocycles. The molecule has 2 aromatic carbocycles. The Morgan fingerprint density at radius 2 is 1.77 bits per heavy atom. The molecule has 0 radical (unpaired) electrons. The van der Waals surface area contributed by atoms with Crippen molar-refractivity contribution in [1.29, 1.82) is 0 Å². The average Bonchev–Trinajstić information content (AvgIpc) is 2.45. The van der Waals surface area contributed by atoms with Crippen LogP contribution in [0.25, 0.3) is 0 Å². The Balaban J connectivity index is 2.23. The van der Waals surface area contributed by atoms with Gasteiger partial charge in [-0.05, 0) is 24.5 Å². The molecule has 0 aliphatic carbocycles. The van der Waals surface area contributed by atoms with Crippen LogP contribution in [0.15, 0.2) is 53.5 Å². The quantitative estimate of drug-likeness (QED) is 0.673. The Morgan fingerprint density at radius 1 is 1.14 bits per heavy atom. The molecule has 2 aromatic rings. The van der Waals surface area contributed by atoms with Gasteiger partial charge in [-0.15, -0.1) is 0 Å². The standard InChI is InChI=1S/C16H18N2O3S/c1-12-7-9-13(10-8-12)11-17-16(19)14-5-3-4-6-15(14)18-22(2,20)21/h3-10,18H,11H2,1-2H3,(H,17,19)/p-1. The number of aryl methyl sites for hydroxylation is 1. The zero-order valence-corrected chi connectivity index (χ0v) is 13.2. The number of nitrogens with one attached hydrogen (secondary N) is 1. The molecule has 1 N–H and O–H groups in total. The zero-order chi connectivity index (χ0) is 16.2. The van der Waals surface area contributed by atoms with Crippen molar-refractivity contribution < 1.29 is 13.5 Å². The molecular weight excluding hydrogens is 300 g/mol. The summed E-state index contributed by atoms with van der Waals surface area (Å²) in [5.74, 6) is -0.452. The van der Waals surface area contributed by atoms with Gasteiger partial charge in [0.2, 0.25) is 10.0 Å². The summed E-state index contributed by atoms with van der Waals surface area (Å²) in [7, 11) is -3.45. The van der Waals surface area contributed by atoms with Crippen LogP contribution < -0.4 is 9.83 Å². The third kappa shape index (κ3) is 4.60. The number of sulfonamides is 1.